The van der Waals surface area contributed by atoms with E-state index in [2.05, 4.69) is 0 Å². The molecule has 0 aromatic heterocycles. The van der Waals surface area contributed by atoms with E-state index in [9.17, 15) is 13.2 Å². The van der Waals surface area contributed by atoms with Crippen LogP contribution in [-0.4, -0.2) is 20.1 Å². The summed E-state index contributed by atoms with van der Waals surface area (Å²) in [6, 6.07) is 6.66. The molecule has 1 heterocycles. The number of fused-ring (bicyclic) bond motifs is 1. The second kappa shape index (κ2) is 5.10. The second-order valence-corrected chi connectivity index (χ2v) is 6.56. The van der Waals surface area contributed by atoms with Crippen LogP contribution in [0.5, 0.6) is 0 Å². The van der Waals surface area contributed by atoms with E-state index >= 15 is 0 Å². The van der Waals surface area contributed by atoms with Crippen molar-refractivity contribution in [2.45, 2.75) is 31.6 Å². The van der Waals surface area contributed by atoms with Crippen LogP contribution in [0.4, 0.5) is 0 Å². The van der Waals surface area contributed by atoms with E-state index in [1.165, 1.54) is 0 Å². The number of esters is 1. The first-order valence-corrected chi connectivity index (χ1v) is 7.79. The molecule has 5 heteroatoms. The summed E-state index contributed by atoms with van der Waals surface area (Å²) in [4.78, 5) is 11.6. The van der Waals surface area contributed by atoms with Crippen molar-refractivity contribution in [2.24, 2.45) is 0 Å². The summed E-state index contributed by atoms with van der Waals surface area (Å²) in [5.41, 5.74) is -0.279. The lowest BCUT2D eigenvalue weighted by Gasteiger charge is -2.11. The third kappa shape index (κ3) is 2.41. The van der Waals surface area contributed by atoms with Crippen molar-refractivity contribution in [1.29, 1.82) is 0 Å². The summed E-state index contributed by atoms with van der Waals surface area (Å²) in [6.45, 7) is 2.01. The molecule has 0 saturated carbocycles. The molecule has 0 amide bonds. The topological polar surface area (TPSA) is 60.4 Å². The van der Waals surface area contributed by atoms with Gasteiger partial charge in [0, 0.05) is 5.56 Å². The Hall–Kier alpha value is -1.36. The third-order valence-electron chi connectivity index (χ3n) is 3.01. The number of sulfone groups is 1. The predicted octanol–water partition coefficient (Wildman–Crippen LogP) is 2.46. The summed E-state index contributed by atoms with van der Waals surface area (Å²) in [5, 5.41) is 0. The number of carbonyl (C=O) groups is 1. The smallest absolute Gasteiger partial charge is 0.340 e. The molecule has 0 N–H and O–H groups in total. The number of hydrogen-bond acceptors (Lipinski definition) is 4. The Labute approximate surface area is 107 Å². The van der Waals surface area contributed by atoms with Crippen LogP contribution in [0, 0.1) is 0 Å². The lowest BCUT2D eigenvalue weighted by Crippen LogP contribution is -2.17. The maximum Gasteiger partial charge on any atom is 0.340 e. The minimum Gasteiger partial charge on any atom is -0.437 e. The number of unbranched alkanes of at least 4 members (excludes halogenated alkanes) is 2. The summed E-state index contributed by atoms with van der Waals surface area (Å²) < 4.78 is 29.3. The number of hydrogen-bond donors (Lipinski definition) is 0. The molecule has 0 fully saturated rings. The van der Waals surface area contributed by atoms with Crippen LogP contribution in [0.1, 0.15) is 47.5 Å². The van der Waals surface area contributed by atoms with Gasteiger partial charge in [-0.05, 0) is 12.5 Å². The standard InChI is InChI=1S/C13H16O4S/c1-2-3-6-9-18(15,16)13-11-8-5-4-7-10(11)12(14)17-13/h4-5,7-8,13H,2-3,6,9H2,1H3. The summed E-state index contributed by atoms with van der Waals surface area (Å²) in [7, 11) is -3.42. The van der Waals surface area contributed by atoms with Gasteiger partial charge in [0.2, 0.25) is 5.44 Å². The molecule has 0 aliphatic carbocycles. The maximum atomic E-state index is 12.1. The molecule has 0 saturated heterocycles. The van der Waals surface area contributed by atoms with E-state index in [0.717, 1.165) is 12.8 Å². The zero-order chi connectivity index (χ0) is 13.2. The molecule has 1 atom stereocenters. The van der Waals surface area contributed by atoms with Gasteiger partial charge < -0.3 is 4.74 Å². The van der Waals surface area contributed by atoms with Gasteiger partial charge in [0.05, 0.1) is 11.3 Å². The third-order valence-corrected chi connectivity index (χ3v) is 4.87. The van der Waals surface area contributed by atoms with Crippen molar-refractivity contribution in [3.05, 3.63) is 35.4 Å². The van der Waals surface area contributed by atoms with Crippen molar-refractivity contribution in [3.8, 4) is 0 Å². The predicted molar refractivity (Wildman–Crippen MR) is 67.9 cm³/mol. The van der Waals surface area contributed by atoms with Crippen molar-refractivity contribution < 1.29 is 17.9 Å². The first kappa shape index (κ1) is 13.1. The van der Waals surface area contributed by atoms with Crippen molar-refractivity contribution in [3.63, 3.8) is 0 Å². The zero-order valence-corrected chi connectivity index (χ0v) is 11.1. The highest BCUT2D eigenvalue weighted by Gasteiger charge is 2.39. The van der Waals surface area contributed by atoms with E-state index < -0.39 is 21.2 Å². The van der Waals surface area contributed by atoms with Gasteiger partial charge in [-0.15, -0.1) is 0 Å². The molecule has 2 rings (SSSR count). The lowest BCUT2D eigenvalue weighted by molar-refractivity contribution is 0.0508. The van der Waals surface area contributed by atoms with Gasteiger partial charge in [-0.2, -0.15) is 0 Å². The lowest BCUT2D eigenvalue weighted by atomic mass is 10.1. The van der Waals surface area contributed by atoms with E-state index in [1.807, 2.05) is 6.92 Å². The second-order valence-electron chi connectivity index (χ2n) is 4.40. The Morgan fingerprint density at radius 1 is 1.22 bits per heavy atom. The fraction of sp³-hybridized carbons (Fsp3) is 0.462. The molecule has 98 valence electrons. The number of rotatable bonds is 5. The molecule has 0 bridgehead atoms. The van der Waals surface area contributed by atoms with Crippen LogP contribution in [0.15, 0.2) is 24.3 Å². The first-order chi connectivity index (χ1) is 8.56. The number of benzene rings is 1. The molecule has 1 aliphatic heterocycles. The van der Waals surface area contributed by atoms with Crippen LogP contribution in [0.2, 0.25) is 0 Å². The van der Waals surface area contributed by atoms with Crippen LogP contribution in [0.25, 0.3) is 0 Å². The fourth-order valence-electron chi connectivity index (χ4n) is 2.04. The zero-order valence-electron chi connectivity index (χ0n) is 10.3. The van der Waals surface area contributed by atoms with E-state index in [4.69, 9.17) is 4.74 Å². The van der Waals surface area contributed by atoms with Gasteiger partial charge >= 0.3 is 5.97 Å². The first-order valence-electron chi connectivity index (χ1n) is 6.07. The molecule has 18 heavy (non-hydrogen) atoms. The number of carbonyl (C=O) groups excluding carboxylic acids is 1. The normalized spacial score (nSPS) is 18.5. The monoisotopic (exact) mass is 268 g/mol. The highest BCUT2D eigenvalue weighted by molar-refractivity contribution is 7.91. The molecule has 1 aromatic carbocycles. The van der Waals surface area contributed by atoms with Crippen molar-refractivity contribution in [2.75, 3.05) is 5.75 Å². The van der Waals surface area contributed by atoms with Gasteiger partial charge in [-0.1, -0.05) is 38.0 Å². The Morgan fingerprint density at radius 3 is 2.67 bits per heavy atom. The van der Waals surface area contributed by atoms with Crippen LogP contribution in [0.3, 0.4) is 0 Å². The minimum atomic E-state index is -3.42. The van der Waals surface area contributed by atoms with Gasteiger partial charge in [0.15, 0.2) is 9.84 Å². The van der Waals surface area contributed by atoms with Crippen LogP contribution in [-0.2, 0) is 14.6 Å². The average Bonchev–Trinajstić information content (AvgIpc) is 2.69. The molecular formula is C13H16O4S. The summed E-state index contributed by atoms with van der Waals surface area (Å²) in [5.74, 6) is -0.484. The molecular weight excluding hydrogens is 252 g/mol. The quantitative estimate of drug-likeness (QED) is 0.608. The van der Waals surface area contributed by atoms with Crippen molar-refractivity contribution in [1.82, 2.24) is 0 Å². The fourth-order valence-corrected chi connectivity index (χ4v) is 3.69. The molecule has 1 aromatic rings. The molecule has 1 aliphatic rings. The van der Waals surface area contributed by atoms with Crippen LogP contribution < -0.4 is 0 Å². The summed E-state index contributed by atoms with van der Waals surface area (Å²) in [6.07, 6.45) is 2.42. The van der Waals surface area contributed by atoms with Gasteiger partial charge in [-0.3, -0.25) is 0 Å². The average molecular weight is 268 g/mol. The SMILES string of the molecule is CCCCCS(=O)(=O)C1OC(=O)c2ccccc21. The molecule has 0 spiro atoms. The van der Waals surface area contributed by atoms with E-state index in [1.54, 1.807) is 24.3 Å². The Bertz CT molecular complexity index is 548. The number of ether oxygens (including phenoxy) is 1. The summed E-state index contributed by atoms with van der Waals surface area (Å²) >= 11 is 0. The van der Waals surface area contributed by atoms with Gasteiger partial charge in [0.1, 0.15) is 0 Å². The van der Waals surface area contributed by atoms with Crippen LogP contribution >= 0.6 is 0 Å². The van der Waals surface area contributed by atoms with Gasteiger partial charge in [0.25, 0.3) is 0 Å². The molecule has 0 radical (unpaired) electrons. The largest absolute Gasteiger partial charge is 0.437 e. The van der Waals surface area contributed by atoms with Gasteiger partial charge in [-0.25, -0.2) is 13.2 Å². The minimum absolute atomic E-state index is 0.0626. The van der Waals surface area contributed by atoms with E-state index in [0.29, 0.717) is 17.5 Å². The Kier molecular flexibility index (Phi) is 3.71. The highest BCUT2D eigenvalue weighted by Crippen LogP contribution is 2.35. The Balaban J connectivity index is 2.23. The van der Waals surface area contributed by atoms with E-state index in [-0.39, 0.29) is 5.75 Å². The molecule has 1 unspecified atom stereocenters. The maximum absolute atomic E-state index is 12.1. The highest BCUT2D eigenvalue weighted by atomic mass is 32.2. The van der Waals surface area contributed by atoms with Crippen molar-refractivity contribution >= 4 is 15.8 Å². The molecule has 4 nitrogen and oxygen atoms in total. The Morgan fingerprint density at radius 2 is 1.94 bits per heavy atom. The number of cyclic esters (lactones) is 1.